The van der Waals surface area contributed by atoms with Crippen LogP contribution in [0, 0.1) is 0 Å². The van der Waals surface area contributed by atoms with Crippen molar-refractivity contribution in [2.75, 3.05) is 46.0 Å². The summed E-state index contributed by atoms with van der Waals surface area (Å²) in [5.74, 6) is 0.0589. The third-order valence-corrected chi connectivity index (χ3v) is 6.90. The van der Waals surface area contributed by atoms with Gasteiger partial charge in [-0.1, -0.05) is 6.07 Å². The molecule has 0 radical (unpaired) electrons. The molecule has 0 spiro atoms. The number of thiophene rings is 1. The quantitative estimate of drug-likeness (QED) is 0.635. The molecule has 2 aliphatic heterocycles. The molecule has 5 heterocycles. The van der Waals surface area contributed by atoms with Gasteiger partial charge in [0.25, 0.3) is 5.91 Å². The number of carbonyl (C=O) groups is 1. The summed E-state index contributed by atoms with van der Waals surface area (Å²) in [6.45, 7) is 5.44. The number of hydrogen-bond acceptors (Lipinski definition) is 7. The molecule has 3 aromatic rings. The van der Waals surface area contributed by atoms with Crippen molar-refractivity contribution in [3.05, 3.63) is 46.7 Å². The monoisotopic (exact) mass is 427 g/mol. The van der Waals surface area contributed by atoms with E-state index in [1.54, 1.807) is 6.20 Å². The minimum atomic E-state index is -0.162. The number of morpholine rings is 2. The number of ether oxygens (including phenoxy) is 2. The van der Waals surface area contributed by atoms with Gasteiger partial charge in [-0.15, -0.1) is 11.3 Å². The molecular formula is C21H25N5O3S. The Kier molecular flexibility index (Phi) is 5.51. The van der Waals surface area contributed by atoms with Crippen molar-refractivity contribution >= 4 is 27.5 Å². The van der Waals surface area contributed by atoms with Gasteiger partial charge in [0.1, 0.15) is 9.71 Å². The van der Waals surface area contributed by atoms with Gasteiger partial charge in [-0.25, -0.2) is 4.98 Å². The predicted octanol–water partition coefficient (Wildman–Crippen LogP) is 2.08. The van der Waals surface area contributed by atoms with Gasteiger partial charge < -0.3 is 14.4 Å². The Labute approximate surface area is 179 Å². The molecule has 2 saturated heterocycles. The van der Waals surface area contributed by atoms with Crippen molar-refractivity contribution < 1.29 is 14.3 Å². The van der Waals surface area contributed by atoms with Gasteiger partial charge in [0, 0.05) is 63.1 Å². The minimum Gasteiger partial charge on any atom is -0.378 e. The lowest BCUT2D eigenvalue weighted by Crippen LogP contribution is -2.41. The lowest BCUT2D eigenvalue weighted by molar-refractivity contribution is -0.0332. The van der Waals surface area contributed by atoms with Crippen molar-refractivity contribution in [1.82, 2.24) is 24.6 Å². The second kappa shape index (κ2) is 8.43. The van der Waals surface area contributed by atoms with Gasteiger partial charge in [0.05, 0.1) is 31.6 Å². The second-order valence-corrected chi connectivity index (χ2v) is 8.65. The molecule has 0 unspecified atom stereocenters. The molecule has 0 aliphatic carbocycles. The molecular weight excluding hydrogens is 402 g/mol. The summed E-state index contributed by atoms with van der Waals surface area (Å²) >= 11 is 1.47. The van der Waals surface area contributed by atoms with Crippen LogP contribution in [0.3, 0.4) is 0 Å². The van der Waals surface area contributed by atoms with Crippen LogP contribution >= 0.6 is 11.3 Å². The summed E-state index contributed by atoms with van der Waals surface area (Å²) in [5.41, 5.74) is 2.14. The summed E-state index contributed by atoms with van der Waals surface area (Å²) in [6.07, 6.45) is 3.44. The van der Waals surface area contributed by atoms with Crippen LogP contribution in [-0.4, -0.2) is 76.5 Å². The minimum absolute atomic E-state index is 0.0589. The Morgan fingerprint density at radius 1 is 1.20 bits per heavy atom. The second-order valence-electron chi connectivity index (χ2n) is 7.65. The highest BCUT2D eigenvalue weighted by Crippen LogP contribution is 2.38. The average Bonchev–Trinajstić information content (AvgIpc) is 3.37. The van der Waals surface area contributed by atoms with E-state index in [4.69, 9.17) is 9.47 Å². The number of nitrogens with zero attached hydrogens (tertiary/aromatic N) is 5. The van der Waals surface area contributed by atoms with Crippen LogP contribution in [0.1, 0.15) is 27.0 Å². The van der Waals surface area contributed by atoms with Crippen LogP contribution in [0.5, 0.6) is 0 Å². The van der Waals surface area contributed by atoms with Gasteiger partial charge in [0.2, 0.25) is 0 Å². The van der Waals surface area contributed by atoms with Crippen molar-refractivity contribution in [1.29, 1.82) is 0 Å². The molecule has 0 N–H and O–H groups in total. The number of fused-ring (bicyclic) bond motifs is 1. The number of pyridine rings is 1. The van der Waals surface area contributed by atoms with E-state index in [0.717, 1.165) is 46.0 Å². The van der Waals surface area contributed by atoms with Crippen molar-refractivity contribution in [3.8, 4) is 0 Å². The predicted molar refractivity (Wildman–Crippen MR) is 114 cm³/mol. The first-order chi connectivity index (χ1) is 14.7. The Balaban J connectivity index is 1.46. The first kappa shape index (κ1) is 19.6. The Hall–Kier alpha value is -2.33. The number of hydrogen-bond donors (Lipinski definition) is 0. The highest BCUT2D eigenvalue weighted by molar-refractivity contribution is 7.20. The van der Waals surface area contributed by atoms with Crippen molar-refractivity contribution in [2.24, 2.45) is 7.05 Å². The number of aryl methyl sites for hydroxylation is 1. The molecule has 30 heavy (non-hydrogen) atoms. The Morgan fingerprint density at radius 3 is 2.87 bits per heavy atom. The maximum absolute atomic E-state index is 13.4. The summed E-state index contributed by atoms with van der Waals surface area (Å²) in [7, 11) is 1.96. The zero-order valence-electron chi connectivity index (χ0n) is 17.0. The van der Waals surface area contributed by atoms with Crippen LogP contribution in [0.4, 0.5) is 0 Å². The summed E-state index contributed by atoms with van der Waals surface area (Å²) in [4.78, 5) is 23.8. The van der Waals surface area contributed by atoms with Gasteiger partial charge in [-0.05, 0) is 12.1 Å². The van der Waals surface area contributed by atoms with E-state index in [-0.39, 0.29) is 12.0 Å². The molecule has 2 fully saturated rings. The number of aromatic nitrogens is 3. The van der Waals surface area contributed by atoms with Crippen LogP contribution in [0.2, 0.25) is 0 Å². The standard InChI is InChI=1S/C21H25N5O3S/c1-24-15(4-6-23-24)13-25-7-12-29-17(14-25)18-16-3-2-5-22-20(16)30-19(18)21(27)26-8-10-28-11-9-26/h2-6,17H,7-14H2,1H3/t17-/m1/s1. The lowest BCUT2D eigenvalue weighted by atomic mass is 10.0. The Morgan fingerprint density at radius 2 is 2.07 bits per heavy atom. The molecule has 5 rings (SSSR count). The lowest BCUT2D eigenvalue weighted by Gasteiger charge is -2.34. The largest absolute Gasteiger partial charge is 0.378 e. The SMILES string of the molecule is Cn1nccc1CN1CCO[C@@H](c2c(C(=O)N3CCOCC3)sc3ncccc23)C1. The summed E-state index contributed by atoms with van der Waals surface area (Å²) in [5, 5.41) is 5.29. The molecule has 9 heteroatoms. The van der Waals surface area contributed by atoms with Crippen LogP contribution in [0.15, 0.2) is 30.6 Å². The molecule has 1 amide bonds. The maximum Gasteiger partial charge on any atom is 0.264 e. The van der Waals surface area contributed by atoms with E-state index < -0.39 is 0 Å². The van der Waals surface area contributed by atoms with E-state index in [9.17, 15) is 4.79 Å². The van der Waals surface area contributed by atoms with Crippen LogP contribution < -0.4 is 0 Å². The summed E-state index contributed by atoms with van der Waals surface area (Å²) < 4.78 is 13.5. The van der Waals surface area contributed by atoms with E-state index >= 15 is 0 Å². The third kappa shape index (κ3) is 3.74. The van der Waals surface area contributed by atoms with Gasteiger partial charge in [-0.3, -0.25) is 14.4 Å². The van der Waals surface area contributed by atoms with Crippen LogP contribution in [0.25, 0.3) is 10.2 Å². The molecule has 8 nitrogen and oxygen atoms in total. The van der Waals surface area contributed by atoms with Crippen molar-refractivity contribution in [3.63, 3.8) is 0 Å². The fraction of sp³-hybridized carbons (Fsp3) is 0.476. The van der Waals surface area contributed by atoms with Crippen molar-refractivity contribution in [2.45, 2.75) is 12.6 Å². The third-order valence-electron chi connectivity index (χ3n) is 5.78. The van der Waals surface area contributed by atoms with Gasteiger partial charge >= 0.3 is 0 Å². The smallest absolute Gasteiger partial charge is 0.264 e. The molecule has 2 aliphatic rings. The zero-order valence-corrected chi connectivity index (χ0v) is 17.8. The van der Waals surface area contributed by atoms with E-state index in [0.29, 0.717) is 32.9 Å². The van der Waals surface area contributed by atoms with E-state index in [1.807, 2.05) is 41.0 Å². The maximum atomic E-state index is 13.4. The highest BCUT2D eigenvalue weighted by Gasteiger charge is 2.32. The fourth-order valence-electron chi connectivity index (χ4n) is 4.15. The Bertz CT molecular complexity index is 1040. The first-order valence-electron chi connectivity index (χ1n) is 10.3. The van der Waals surface area contributed by atoms with Crippen LogP contribution in [-0.2, 0) is 23.1 Å². The van der Waals surface area contributed by atoms with E-state index in [2.05, 4.69) is 15.0 Å². The molecule has 0 saturated carbocycles. The molecule has 158 valence electrons. The van der Waals surface area contributed by atoms with Gasteiger partial charge in [0.15, 0.2) is 0 Å². The number of carbonyl (C=O) groups excluding carboxylic acids is 1. The number of rotatable bonds is 4. The fourth-order valence-corrected chi connectivity index (χ4v) is 5.31. The normalized spacial score (nSPS) is 20.7. The van der Waals surface area contributed by atoms with Gasteiger partial charge in [-0.2, -0.15) is 5.10 Å². The molecule has 0 aromatic carbocycles. The molecule has 3 aromatic heterocycles. The highest BCUT2D eigenvalue weighted by atomic mass is 32.1. The topological polar surface area (TPSA) is 72.7 Å². The van der Waals surface area contributed by atoms with E-state index in [1.165, 1.54) is 11.3 Å². The molecule has 0 bridgehead atoms. The number of amides is 1. The zero-order chi connectivity index (χ0) is 20.5. The summed E-state index contributed by atoms with van der Waals surface area (Å²) in [6, 6.07) is 6.02. The first-order valence-corrected chi connectivity index (χ1v) is 11.1. The average molecular weight is 428 g/mol. The molecule has 1 atom stereocenters.